The van der Waals surface area contributed by atoms with E-state index in [1.807, 2.05) is 0 Å². The first-order valence-electron chi connectivity index (χ1n) is 4.54. The average molecular weight is 206 g/mol. The molecule has 2 rings (SSSR count). The van der Waals surface area contributed by atoms with Gasteiger partial charge in [-0.1, -0.05) is 6.92 Å². The van der Waals surface area contributed by atoms with Crippen molar-refractivity contribution in [2.24, 2.45) is 0 Å². The summed E-state index contributed by atoms with van der Waals surface area (Å²) in [5, 5.41) is 9.50. The zero-order valence-electron chi connectivity index (χ0n) is 8.11. The molecule has 0 aliphatic carbocycles. The maximum absolute atomic E-state index is 11.5. The van der Waals surface area contributed by atoms with E-state index in [1.165, 1.54) is 0 Å². The molecule has 2 aromatic heterocycles. The number of hydrogen-bond donors (Lipinski definition) is 3. The molecule has 0 aliphatic heterocycles. The number of aromatic nitrogens is 4. The van der Waals surface area contributed by atoms with E-state index in [4.69, 9.17) is 0 Å². The Kier molecular flexibility index (Phi) is 2.24. The minimum Gasteiger partial charge on any atom is -0.493 e. The maximum atomic E-state index is 11.5. The van der Waals surface area contributed by atoms with Crippen LogP contribution in [-0.4, -0.2) is 25.0 Å². The lowest BCUT2D eigenvalue weighted by atomic mass is 10.2. The van der Waals surface area contributed by atoms with E-state index in [2.05, 4.69) is 19.9 Å². The average Bonchev–Trinajstić information content (AvgIpc) is 2.69. The van der Waals surface area contributed by atoms with Crippen LogP contribution < -0.4 is 5.56 Å². The lowest BCUT2D eigenvalue weighted by molar-refractivity contribution is 0.444. The van der Waals surface area contributed by atoms with Crippen LogP contribution in [0.3, 0.4) is 0 Å². The first-order valence-corrected chi connectivity index (χ1v) is 4.54. The second-order valence-corrected chi connectivity index (χ2v) is 3.01. The number of nitrogens with one attached hydrogen (secondary N) is 2. The molecule has 0 fully saturated rings. The Morgan fingerprint density at radius 3 is 2.80 bits per heavy atom. The van der Waals surface area contributed by atoms with Gasteiger partial charge < -0.3 is 15.1 Å². The molecule has 0 aromatic carbocycles. The third-order valence-electron chi connectivity index (χ3n) is 2.07. The fraction of sp³-hybridized carbons (Fsp3) is 0.222. The maximum Gasteiger partial charge on any atom is 0.258 e. The molecule has 0 saturated heterocycles. The van der Waals surface area contributed by atoms with E-state index in [9.17, 15) is 9.90 Å². The van der Waals surface area contributed by atoms with E-state index in [1.54, 1.807) is 19.3 Å². The highest BCUT2D eigenvalue weighted by Crippen LogP contribution is 2.13. The Labute approximate surface area is 85.0 Å². The van der Waals surface area contributed by atoms with Gasteiger partial charge in [0.1, 0.15) is 0 Å². The van der Waals surface area contributed by atoms with E-state index in [0.717, 1.165) is 0 Å². The van der Waals surface area contributed by atoms with Gasteiger partial charge in [-0.15, -0.1) is 0 Å². The second-order valence-electron chi connectivity index (χ2n) is 3.01. The van der Waals surface area contributed by atoms with Crippen molar-refractivity contribution < 1.29 is 5.11 Å². The number of H-pyrrole nitrogens is 2. The number of hydrogen-bond acceptors (Lipinski definition) is 4. The fourth-order valence-electron chi connectivity index (χ4n) is 1.31. The van der Waals surface area contributed by atoms with E-state index in [0.29, 0.717) is 12.2 Å². The summed E-state index contributed by atoms with van der Waals surface area (Å²) in [7, 11) is 0. The normalized spacial score (nSPS) is 10.5. The number of rotatable bonds is 2. The topological polar surface area (TPSA) is 94.7 Å². The third kappa shape index (κ3) is 1.61. The molecule has 0 atom stereocenters. The van der Waals surface area contributed by atoms with Gasteiger partial charge in [-0.05, 0) is 6.42 Å². The summed E-state index contributed by atoms with van der Waals surface area (Å²) in [6.07, 6.45) is 3.59. The van der Waals surface area contributed by atoms with Gasteiger partial charge in [0.05, 0.1) is 5.56 Å². The quantitative estimate of drug-likeness (QED) is 0.664. The summed E-state index contributed by atoms with van der Waals surface area (Å²) in [4.78, 5) is 24.6. The largest absolute Gasteiger partial charge is 0.493 e. The predicted molar refractivity (Wildman–Crippen MR) is 53.5 cm³/mol. The van der Waals surface area contributed by atoms with Gasteiger partial charge in [-0.25, -0.2) is 4.98 Å². The standard InChI is InChI=1S/C9H10N4O2/c1-2-5-8(14)12-7(13-9(5)15)6-10-3-4-11-6/h3-4H,2H2,1H3,(H,10,11)(H2,12,13,14,15). The summed E-state index contributed by atoms with van der Waals surface area (Å²) in [6.45, 7) is 1.78. The summed E-state index contributed by atoms with van der Waals surface area (Å²) in [6, 6.07) is 0. The van der Waals surface area contributed by atoms with Crippen molar-refractivity contribution in [3.8, 4) is 17.5 Å². The van der Waals surface area contributed by atoms with Crippen LogP contribution >= 0.6 is 0 Å². The van der Waals surface area contributed by atoms with Crippen molar-refractivity contribution in [1.29, 1.82) is 0 Å². The molecule has 0 unspecified atom stereocenters. The summed E-state index contributed by atoms with van der Waals surface area (Å²) < 4.78 is 0. The highest BCUT2D eigenvalue weighted by atomic mass is 16.3. The van der Waals surface area contributed by atoms with Gasteiger partial charge in [0.15, 0.2) is 11.6 Å². The van der Waals surface area contributed by atoms with Crippen LogP contribution in [0.4, 0.5) is 0 Å². The molecule has 0 bridgehead atoms. The molecular weight excluding hydrogens is 196 g/mol. The molecule has 6 heteroatoms. The van der Waals surface area contributed by atoms with E-state index >= 15 is 0 Å². The van der Waals surface area contributed by atoms with Crippen molar-refractivity contribution in [3.05, 3.63) is 28.3 Å². The van der Waals surface area contributed by atoms with Crippen molar-refractivity contribution in [3.63, 3.8) is 0 Å². The van der Waals surface area contributed by atoms with E-state index < -0.39 is 0 Å². The van der Waals surface area contributed by atoms with Crippen LogP contribution in [0.1, 0.15) is 12.5 Å². The number of aromatic hydroxyl groups is 1. The van der Waals surface area contributed by atoms with Gasteiger partial charge in [0, 0.05) is 12.4 Å². The van der Waals surface area contributed by atoms with Crippen molar-refractivity contribution in [2.75, 3.05) is 0 Å². The second kappa shape index (κ2) is 3.56. The zero-order chi connectivity index (χ0) is 10.8. The SMILES string of the molecule is CCc1c(O)nc(-c2ncc[nH]2)[nH]c1=O. The van der Waals surface area contributed by atoms with Gasteiger partial charge >= 0.3 is 0 Å². The summed E-state index contributed by atoms with van der Waals surface area (Å²) in [5.41, 5.74) is -0.0540. The minimum absolute atomic E-state index is 0.236. The van der Waals surface area contributed by atoms with Crippen LogP contribution in [-0.2, 0) is 6.42 Å². The summed E-state index contributed by atoms with van der Waals surface area (Å²) in [5.74, 6) is 0.414. The zero-order valence-corrected chi connectivity index (χ0v) is 8.11. The Morgan fingerprint density at radius 2 is 2.27 bits per heavy atom. The van der Waals surface area contributed by atoms with Crippen LogP contribution in [0.2, 0.25) is 0 Å². The lowest BCUT2D eigenvalue weighted by Crippen LogP contribution is -2.14. The molecule has 2 heterocycles. The third-order valence-corrected chi connectivity index (χ3v) is 2.07. The first kappa shape index (κ1) is 9.45. The smallest absolute Gasteiger partial charge is 0.258 e. The van der Waals surface area contributed by atoms with Gasteiger partial charge in [-0.2, -0.15) is 4.98 Å². The predicted octanol–water partition coefficient (Wildman–Crippen LogP) is 0.428. The molecule has 0 radical (unpaired) electrons. The monoisotopic (exact) mass is 206 g/mol. The molecule has 0 spiro atoms. The molecule has 0 saturated carbocycles. The minimum atomic E-state index is -0.337. The Hall–Kier alpha value is -2.11. The molecule has 2 aromatic rings. The molecule has 0 aliphatic rings. The van der Waals surface area contributed by atoms with Crippen molar-refractivity contribution in [1.82, 2.24) is 19.9 Å². The van der Waals surface area contributed by atoms with Crippen LogP contribution in [0, 0.1) is 0 Å². The highest BCUT2D eigenvalue weighted by molar-refractivity contribution is 5.44. The molecule has 3 N–H and O–H groups in total. The lowest BCUT2D eigenvalue weighted by Gasteiger charge is -2.01. The van der Waals surface area contributed by atoms with Crippen molar-refractivity contribution in [2.45, 2.75) is 13.3 Å². The Morgan fingerprint density at radius 1 is 1.47 bits per heavy atom. The first-order chi connectivity index (χ1) is 7.22. The molecule has 6 nitrogen and oxygen atoms in total. The number of nitrogens with zero attached hydrogens (tertiary/aromatic N) is 2. The van der Waals surface area contributed by atoms with Crippen LogP contribution in [0.15, 0.2) is 17.2 Å². The molecular formula is C9H10N4O2. The number of aromatic amines is 2. The Bertz CT molecular complexity index is 515. The summed E-state index contributed by atoms with van der Waals surface area (Å²) >= 11 is 0. The Balaban J connectivity index is 2.58. The van der Waals surface area contributed by atoms with E-state index in [-0.39, 0.29) is 22.8 Å². The number of imidazole rings is 1. The van der Waals surface area contributed by atoms with Crippen molar-refractivity contribution >= 4 is 0 Å². The molecule has 15 heavy (non-hydrogen) atoms. The molecule has 78 valence electrons. The van der Waals surface area contributed by atoms with Gasteiger partial charge in [0.2, 0.25) is 5.88 Å². The fourth-order valence-corrected chi connectivity index (χ4v) is 1.31. The van der Waals surface area contributed by atoms with Crippen LogP contribution in [0.5, 0.6) is 5.88 Å². The highest BCUT2D eigenvalue weighted by Gasteiger charge is 2.10. The van der Waals surface area contributed by atoms with Crippen LogP contribution in [0.25, 0.3) is 11.6 Å². The van der Waals surface area contributed by atoms with Gasteiger partial charge in [0.25, 0.3) is 5.56 Å². The van der Waals surface area contributed by atoms with Gasteiger partial charge in [-0.3, -0.25) is 4.79 Å². The molecule has 0 amide bonds.